The van der Waals surface area contributed by atoms with Crippen molar-refractivity contribution in [1.29, 1.82) is 0 Å². The maximum Gasteiger partial charge on any atom is 0.134 e. The second kappa shape index (κ2) is 9.07. The minimum absolute atomic E-state index is 0.711. The van der Waals surface area contributed by atoms with Crippen LogP contribution in [0.1, 0.15) is 12.0 Å². The summed E-state index contributed by atoms with van der Waals surface area (Å²) in [6.07, 6.45) is 2.61. The van der Waals surface area contributed by atoms with E-state index in [-0.39, 0.29) is 0 Å². The number of hydrogen-bond acceptors (Lipinski definition) is 3. The van der Waals surface area contributed by atoms with Gasteiger partial charge in [-0.1, -0.05) is 52.0 Å². The molecule has 100 valence electrons. The molecule has 1 N–H and O–H groups in total. The quantitative estimate of drug-likeness (QED) is 0.618. The first kappa shape index (κ1) is 16.1. The zero-order valence-corrected chi connectivity index (χ0v) is 14.2. The van der Waals surface area contributed by atoms with Gasteiger partial charge in [-0.2, -0.15) is 0 Å². The molecule has 1 rings (SSSR count). The number of benzene rings is 1. The van der Waals surface area contributed by atoms with Crippen LogP contribution in [0.15, 0.2) is 28.7 Å². The fourth-order valence-corrected chi connectivity index (χ4v) is 3.03. The zero-order valence-electron chi connectivity index (χ0n) is 10.1. The van der Waals surface area contributed by atoms with E-state index in [0.29, 0.717) is 0 Å². The standard InChI is InChI=1S/C12H16BrNOS3/c1-18(15)8-2-7-14-12(16)17-9-10-3-5-11(13)6-4-10/h3-6H,2,7-9H2,1H3,(H,14,16). The molecule has 0 saturated carbocycles. The van der Waals surface area contributed by atoms with Gasteiger partial charge in [0, 0.05) is 39.6 Å². The molecule has 0 amide bonds. The predicted octanol–water partition coefficient (Wildman–Crippen LogP) is 3.33. The lowest BCUT2D eigenvalue weighted by Crippen LogP contribution is -2.21. The summed E-state index contributed by atoms with van der Waals surface area (Å²) in [7, 11) is -0.711. The van der Waals surface area contributed by atoms with Gasteiger partial charge in [-0.15, -0.1) is 0 Å². The van der Waals surface area contributed by atoms with Gasteiger partial charge in [0.15, 0.2) is 0 Å². The van der Waals surface area contributed by atoms with Crippen LogP contribution in [-0.2, 0) is 16.6 Å². The van der Waals surface area contributed by atoms with E-state index < -0.39 is 10.8 Å². The van der Waals surface area contributed by atoms with E-state index >= 15 is 0 Å². The van der Waals surface area contributed by atoms with Crippen molar-refractivity contribution in [2.75, 3.05) is 18.6 Å². The highest BCUT2D eigenvalue weighted by Crippen LogP contribution is 2.16. The van der Waals surface area contributed by atoms with E-state index in [1.165, 1.54) is 5.56 Å². The highest BCUT2D eigenvalue weighted by Gasteiger charge is 1.99. The number of nitrogens with one attached hydrogen (secondary N) is 1. The lowest BCUT2D eigenvalue weighted by molar-refractivity contribution is 0.683. The van der Waals surface area contributed by atoms with Gasteiger partial charge in [-0.05, 0) is 24.1 Å². The third kappa shape index (κ3) is 7.51. The fourth-order valence-electron chi connectivity index (χ4n) is 1.25. The molecular weight excluding hydrogens is 350 g/mol. The monoisotopic (exact) mass is 365 g/mol. The number of thiocarbonyl (C=S) groups is 1. The van der Waals surface area contributed by atoms with Crippen LogP contribution in [0.4, 0.5) is 0 Å². The second-order valence-electron chi connectivity index (χ2n) is 3.76. The van der Waals surface area contributed by atoms with Gasteiger partial charge in [-0.25, -0.2) is 0 Å². The Labute approximate surface area is 129 Å². The van der Waals surface area contributed by atoms with Crippen molar-refractivity contribution in [3.05, 3.63) is 34.3 Å². The van der Waals surface area contributed by atoms with Crippen LogP contribution in [0.5, 0.6) is 0 Å². The first-order valence-corrected chi connectivity index (χ1v) is 9.44. The maximum atomic E-state index is 10.9. The van der Waals surface area contributed by atoms with E-state index in [4.69, 9.17) is 12.2 Å². The van der Waals surface area contributed by atoms with Crippen molar-refractivity contribution in [3.63, 3.8) is 0 Å². The van der Waals surface area contributed by atoms with E-state index in [1.54, 1.807) is 18.0 Å². The number of halogens is 1. The highest BCUT2D eigenvalue weighted by molar-refractivity contribution is 9.10. The molecule has 0 spiro atoms. The van der Waals surface area contributed by atoms with E-state index in [1.807, 2.05) is 12.1 Å². The molecule has 1 atom stereocenters. The summed E-state index contributed by atoms with van der Waals surface area (Å²) < 4.78 is 12.8. The van der Waals surface area contributed by atoms with Crippen molar-refractivity contribution < 1.29 is 4.21 Å². The minimum atomic E-state index is -0.711. The van der Waals surface area contributed by atoms with Gasteiger partial charge in [0.2, 0.25) is 0 Å². The molecule has 0 aliphatic rings. The number of hydrogen-bond donors (Lipinski definition) is 1. The van der Waals surface area contributed by atoms with Crippen molar-refractivity contribution in [2.45, 2.75) is 12.2 Å². The predicted molar refractivity (Wildman–Crippen MR) is 89.6 cm³/mol. The normalized spacial score (nSPS) is 12.1. The first-order valence-electron chi connectivity index (χ1n) is 5.53. The third-order valence-corrected chi connectivity index (χ3v) is 4.94. The lowest BCUT2D eigenvalue weighted by Gasteiger charge is -2.07. The maximum absolute atomic E-state index is 10.9. The molecule has 0 aliphatic heterocycles. The van der Waals surface area contributed by atoms with Crippen molar-refractivity contribution in [2.24, 2.45) is 0 Å². The Kier molecular flexibility index (Phi) is 8.13. The molecular formula is C12H16BrNOS3. The fraction of sp³-hybridized carbons (Fsp3) is 0.417. The molecule has 1 aromatic carbocycles. The van der Waals surface area contributed by atoms with Crippen LogP contribution in [0.3, 0.4) is 0 Å². The van der Waals surface area contributed by atoms with E-state index in [9.17, 15) is 4.21 Å². The molecule has 0 heterocycles. The van der Waals surface area contributed by atoms with Gasteiger partial charge < -0.3 is 5.32 Å². The van der Waals surface area contributed by atoms with Gasteiger partial charge in [-0.3, -0.25) is 4.21 Å². The smallest absolute Gasteiger partial charge is 0.134 e. The number of rotatable bonds is 6. The second-order valence-corrected chi connectivity index (χ2v) is 7.88. The zero-order chi connectivity index (χ0) is 13.4. The molecule has 0 radical (unpaired) electrons. The average Bonchev–Trinajstić information content (AvgIpc) is 2.34. The van der Waals surface area contributed by atoms with E-state index in [2.05, 4.69) is 33.4 Å². The molecule has 0 saturated heterocycles. The van der Waals surface area contributed by atoms with Gasteiger partial charge >= 0.3 is 0 Å². The van der Waals surface area contributed by atoms with Crippen molar-refractivity contribution >= 4 is 55.0 Å². The molecule has 2 nitrogen and oxygen atoms in total. The first-order chi connectivity index (χ1) is 8.58. The van der Waals surface area contributed by atoms with Crippen LogP contribution >= 0.6 is 39.9 Å². The summed E-state index contributed by atoms with van der Waals surface area (Å²) >= 11 is 10.3. The number of thioether (sulfide) groups is 1. The van der Waals surface area contributed by atoms with Crippen LogP contribution in [0, 0.1) is 0 Å². The summed E-state index contributed by atoms with van der Waals surface area (Å²) in [5.41, 5.74) is 1.25. The Morgan fingerprint density at radius 2 is 2.11 bits per heavy atom. The van der Waals surface area contributed by atoms with Gasteiger partial charge in [0.1, 0.15) is 4.32 Å². The van der Waals surface area contributed by atoms with Gasteiger partial charge in [0.05, 0.1) is 0 Å². The van der Waals surface area contributed by atoms with Crippen LogP contribution < -0.4 is 5.32 Å². The highest BCUT2D eigenvalue weighted by atomic mass is 79.9. The molecule has 1 unspecified atom stereocenters. The minimum Gasteiger partial charge on any atom is -0.371 e. The van der Waals surface area contributed by atoms with Crippen molar-refractivity contribution in [1.82, 2.24) is 5.32 Å². The summed E-state index contributed by atoms with van der Waals surface area (Å²) in [5, 5.41) is 3.17. The van der Waals surface area contributed by atoms with Gasteiger partial charge in [0.25, 0.3) is 0 Å². The molecule has 0 bridgehead atoms. The molecule has 6 heteroatoms. The van der Waals surface area contributed by atoms with Crippen LogP contribution in [0.2, 0.25) is 0 Å². The largest absolute Gasteiger partial charge is 0.371 e. The Morgan fingerprint density at radius 3 is 2.72 bits per heavy atom. The summed E-state index contributed by atoms with van der Waals surface area (Å²) in [6, 6.07) is 8.23. The SMILES string of the molecule is CS(=O)CCCNC(=S)SCc1ccc(Br)cc1. The Morgan fingerprint density at radius 1 is 1.44 bits per heavy atom. The lowest BCUT2D eigenvalue weighted by atomic mass is 10.2. The van der Waals surface area contributed by atoms with Crippen LogP contribution in [0.25, 0.3) is 0 Å². The molecule has 1 aromatic rings. The summed E-state index contributed by atoms with van der Waals surface area (Å²) in [4.78, 5) is 0. The summed E-state index contributed by atoms with van der Waals surface area (Å²) in [6.45, 7) is 0.797. The summed E-state index contributed by atoms with van der Waals surface area (Å²) in [5.74, 6) is 1.60. The van der Waals surface area contributed by atoms with E-state index in [0.717, 1.165) is 33.3 Å². The molecule has 18 heavy (non-hydrogen) atoms. The third-order valence-electron chi connectivity index (χ3n) is 2.16. The molecule has 0 fully saturated rings. The van der Waals surface area contributed by atoms with Crippen molar-refractivity contribution in [3.8, 4) is 0 Å². The van der Waals surface area contributed by atoms with Crippen LogP contribution in [-0.4, -0.2) is 27.1 Å². The topological polar surface area (TPSA) is 29.1 Å². The molecule has 0 aliphatic carbocycles. The Hall–Kier alpha value is 0.0900. The average molecular weight is 366 g/mol. The Bertz CT molecular complexity index is 408. The Balaban J connectivity index is 2.17. The molecule has 0 aromatic heterocycles.